The first-order valence-corrected chi connectivity index (χ1v) is 7.30. The summed E-state index contributed by atoms with van der Waals surface area (Å²) in [4.78, 5) is 10.7. The molecule has 19 heavy (non-hydrogen) atoms. The van der Waals surface area contributed by atoms with Gasteiger partial charge in [0.25, 0.3) is 0 Å². The summed E-state index contributed by atoms with van der Waals surface area (Å²) < 4.78 is 38.4. The van der Waals surface area contributed by atoms with Crippen LogP contribution in [-0.4, -0.2) is 32.8 Å². The second-order valence-electron chi connectivity index (χ2n) is 4.36. The number of hydrogen-bond acceptors (Lipinski definition) is 3. The minimum atomic E-state index is -1.50. The van der Waals surface area contributed by atoms with Crippen molar-refractivity contribution in [3.8, 4) is 0 Å². The Labute approximate surface area is 111 Å². The first-order valence-electron chi connectivity index (χ1n) is 5.82. The number of nitrogens with one attached hydrogen (secondary N) is 1. The van der Waals surface area contributed by atoms with Crippen LogP contribution in [0.1, 0.15) is 23.2 Å². The molecule has 0 aliphatic carbocycles. The molecule has 7 heteroatoms. The smallest absolute Gasteiger partial charge is 0.338 e. The number of carboxylic acid groups (broad SMARTS) is 1. The lowest BCUT2D eigenvalue weighted by molar-refractivity contribution is 0.0690. The summed E-state index contributed by atoms with van der Waals surface area (Å²) >= 11 is 0. The van der Waals surface area contributed by atoms with Gasteiger partial charge in [-0.1, -0.05) is 0 Å². The van der Waals surface area contributed by atoms with Crippen molar-refractivity contribution in [1.82, 2.24) is 0 Å². The van der Waals surface area contributed by atoms with Crippen molar-refractivity contribution < 1.29 is 22.9 Å². The van der Waals surface area contributed by atoms with E-state index < -0.39 is 34.0 Å². The Morgan fingerprint density at radius 3 is 2.47 bits per heavy atom. The maximum Gasteiger partial charge on any atom is 0.338 e. The number of hydrogen-bond donors (Lipinski definition) is 2. The molecule has 0 saturated carbocycles. The molecule has 0 unspecified atom stereocenters. The normalized spacial score (nSPS) is 23.1. The second-order valence-corrected chi connectivity index (χ2v) is 6.06. The highest BCUT2D eigenvalue weighted by Crippen LogP contribution is 2.23. The number of rotatable bonds is 3. The van der Waals surface area contributed by atoms with Crippen molar-refractivity contribution in [2.45, 2.75) is 18.9 Å². The highest BCUT2D eigenvalue weighted by atomic mass is 32.2. The fourth-order valence-electron chi connectivity index (χ4n) is 1.98. The Morgan fingerprint density at radius 2 is 1.89 bits per heavy atom. The van der Waals surface area contributed by atoms with Crippen molar-refractivity contribution in [3.63, 3.8) is 0 Å². The lowest BCUT2D eigenvalue weighted by Crippen LogP contribution is -2.29. The first kappa shape index (κ1) is 13.9. The van der Waals surface area contributed by atoms with Crippen LogP contribution < -0.4 is 5.32 Å². The second kappa shape index (κ2) is 5.64. The van der Waals surface area contributed by atoms with Crippen LogP contribution in [-0.2, 0) is 10.8 Å². The number of benzene rings is 1. The summed E-state index contributed by atoms with van der Waals surface area (Å²) in [5.41, 5.74) is -0.743. The SMILES string of the molecule is O=C(O)c1ccc(NC2CCS(=O)CC2)c(F)c1F. The van der Waals surface area contributed by atoms with Crippen LogP contribution in [0.2, 0.25) is 0 Å². The van der Waals surface area contributed by atoms with Crippen LogP contribution >= 0.6 is 0 Å². The number of halogens is 2. The average Bonchev–Trinajstić information content (AvgIpc) is 2.37. The zero-order valence-electron chi connectivity index (χ0n) is 9.99. The molecule has 2 N–H and O–H groups in total. The molecule has 0 bridgehead atoms. The molecule has 1 aliphatic heterocycles. The van der Waals surface area contributed by atoms with Crippen LogP contribution in [0.4, 0.5) is 14.5 Å². The molecule has 1 fully saturated rings. The van der Waals surface area contributed by atoms with Crippen LogP contribution in [0.15, 0.2) is 12.1 Å². The van der Waals surface area contributed by atoms with Crippen LogP contribution in [0, 0.1) is 11.6 Å². The molecule has 2 rings (SSSR count). The number of anilines is 1. The van der Waals surface area contributed by atoms with E-state index in [1.54, 1.807) is 0 Å². The third-order valence-electron chi connectivity index (χ3n) is 3.06. The van der Waals surface area contributed by atoms with E-state index in [-0.39, 0.29) is 11.7 Å². The predicted molar refractivity (Wildman–Crippen MR) is 67.8 cm³/mol. The van der Waals surface area contributed by atoms with E-state index >= 15 is 0 Å². The van der Waals surface area contributed by atoms with E-state index in [2.05, 4.69) is 5.32 Å². The molecule has 1 aliphatic rings. The van der Waals surface area contributed by atoms with Gasteiger partial charge in [0.15, 0.2) is 11.6 Å². The Bertz CT molecular complexity index is 526. The van der Waals surface area contributed by atoms with Gasteiger partial charge in [-0.3, -0.25) is 4.21 Å². The molecule has 0 atom stereocenters. The summed E-state index contributed by atoms with van der Waals surface area (Å²) in [5, 5.41) is 11.5. The predicted octanol–water partition coefficient (Wildman–Crippen LogP) is 1.99. The van der Waals surface area contributed by atoms with Gasteiger partial charge in [0.2, 0.25) is 0 Å². The standard InChI is InChI=1S/C12H13F2NO3S/c13-10-8(12(16)17)1-2-9(11(10)14)15-7-3-5-19(18)6-4-7/h1-2,7,15H,3-6H2,(H,16,17). The van der Waals surface area contributed by atoms with E-state index in [1.807, 2.05) is 0 Å². The lowest BCUT2D eigenvalue weighted by atomic mass is 10.1. The van der Waals surface area contributed by atoms with Gasteiger partial charge in [0.05, 0.1) is 11.3 Å². The molecular weight excluding hydrogens is 276 g/mol. The summed E-state index contributed by atoms with van der Waals surface area (Å²) in [6, 6.07) is 2.18. The Kier molecular flexibility index (Phi) is 4.14. The molecular formula is C12H13F2NO3S. The van der Waals surface area contributed by atoms with Crippen molar-refractivity contribution in [2.24, 2.45) is 0 Å². The van der Waals surface area contributed by atoms with Crippen LogP contribution in [0.5, 0.6) is 0 Å². The highest BCUT2D eigenvalue weighted by Gasteiger charge is 2.22. The third kappa shape index (κ3) is 3.09. The molecule has 1 heterocycles. The zero-order valence-corrected chi connectivity index (χ0v) is 10.8. The number of carbonyl (C=O) groups is 1. The summed E-state index contributed by atoms with van der Waals surface area (Å²) in [6.45, 7) is 0. The first-order chi connectivity index (χ1) is 8.99. The highest BCUT2D eigenvalue weighted by molar-refractivity contribution is 7.85. The van der Waals surface area contributed by atoms with E-state index in [0.29, 0.717) is 24.3 Å². The van der Waals surface area contributed by atoms with E-state index in [4.69, 9.17) is 5.11 Å². The third-order valence-corrected chi connectivity index (χ3v) is 4.44. The van der Waals surface area contributed by atoms with E-state index in [0.717, 1.165) is 6.07 Å². The number of aromatic carboxylic acids is 1. The van der Waals surface area contributed by atoms with Gasteiger partial charge in [-0.05, 0) is 25.0 Å². The van der Waals surface area contributed by atoms with Gasteiger partial charge in [-0.25, -0.2) is 13.6 Å². The molecule has 0 radical (unpaired) electrons. The molecule has 104 valence electrons. The Hall–Kier alpha value is -1.50. The van der Waals surface area contributed by atoms with Crippen molar-refractivity contribution >= 4 is 22.5 Å². The van der Waals surface area contributed by atoms with Gasteiger partial charge in [-0.15, -0.1) is 0 Å². The van der Waals surface area contributed by atoms with Gasteiger partial charge in [-0.2, -0.15) is 0 Å². The largest absolute Gasteiger partial charge is 0.478 e. The molecule has 1 aromatic rings. The number of carboxylic acids is 1. The van der Waals surface area contributed by atoms with Crippen LogP contribution in [0.25, 0.3) is 0 Å². The topological polar surface area (TPSA) is 66.4 Å². The molecule has 4 nitrogen and oxygen atoms in total. The Balaban J connectivity index is 2.15. The summed E-state index contributed by atoms with van der Waals surface area (Å²) in [6.07, 6.45) is 1.24. The quantitative estimate of drug-likeness (QED) is 0.893. The van der Waals surface area contributed by atoms with Gasteiger partial charge >= 0.3 is 5.97 Å². The van der Waals surface area contributed by atoms with Crippen LogP contribution in [0.3, 0.4) is 0 Å². The molecule has 1 aromatic carbocycles. The van der Waals surface area contributed by atoms with Gasteiger partial charge in [0.1, 0.15) is 0 Å². The summed E-state index contributed by atoms with van der Waals surface area (Å²) in [7, 11) is -0.824. The van der Waals surface area contributed by atoms with E-state index in [9.17, 15) is 17.8 Å². The molecule has 0 amide bonds. The molecule has 0 aromatic heterocycles. The fraction of sp³-hybridized carbons (Fsp3) is 0.417. The van der Waals surface area contributed by atoms with Gasteiger partial charge in [0, 0.05) is 28.3 Å². The zero-order chi connectivity index (χ0) is 14.0. The molecule has 1 saturated heterocycles. The monoisotopic (exact) mass is 289 g/mol. The fourth-order valence-corrected chi connectivity index (χ4v) is 3.28. The molecule has 0 spiro atoms. The van der Waals surface area contributed by atoms with Crippen molar-refractivity contribution in [2.75, 3.05) is 16.8 Å². The Morgan fingerprint density at radius 1 is 1.26 bits per heavy atom. The summed E-state index contributed by atoms with van der Waals surface area (Å²) in [5.74, 6) is -2.98. The minimum Gasteiger partial charge on any atom is -0.478 e. The van der Waals surface area contributed by atoms with Crippen molar-refractivity contribution in [3.05, 3.63) is 29.3 Å². The van der Waals surface area contributed by atoms with Gasteiger partial charge < -0.3 is 10.4 Å². The maximum absolute atomic E-state index is 13.7. The minimum absolute atomic E-state index is 0.0554. The maximum atomic E-state index is 13.7. The van der Waals surface area contributed by atoms with E-state index in [1.165, 1.54) is 6.07 Å². The average molecular weight is 289 g/mol. The lowest BCUT2D eigenvalue weighted by Gasteiger charge is -2.24. The van der Waals surface area contributed by atoms with Crippen molar-refractivity contribution in [1.29, 1.82) is 0 Å².